The monoisotopic (exact) mass is 252 g/mol. The number of hydrogen-bond acceptors (Lipinski definition) is 4. The van der Waals surface area contributed by atoms with Crippen LogP contribution >= 0.6 is 0 Å². The molecular formula is C13H20N2O3. The molecule has 0 radical (unpaired) electrons. The fraction of sp³-hybridized carbons (Fsp3) is 0.462. The summed E-state index contributed by atoms with van der Waals surface area (Å²) in [7, 11) is 1.86. The predicted octanol–water partition coefficient (Wildman–Crippen LogP) is -0.469. The molecule has 100 valence electrons. The lowest BCUT2D eigenvalue weighted by atomic mass is 10.0. The Morgan fingerprint density at radius 3 is 2.56 bits per heavy atom. The first-order valence-electron chi connectivity index (χ1n) is 5.98. The van der Waals surface area contributed by atoms with Crippen molar-refractivity contribution in [2.45, 2.75) is 12.5 Å². The van der Waals surface area contributed by atoms with Gasteiger partial charge in [0.25, 0.3) is 5.91 Å². The van der Waals surface area contributed by atoms with Crippen molar-refractivity contribution in [2.75, 3.05) is 26.8 Å². The number of carbonyl (C=O) groups excluding carboxylic acids is 1. The first kappa shape index (κ1) is 14.6. The van der Waals surface area contributed by atoms with Crippen LogP contribution in [-0.2, 0) is 6.42 Å². The second kappa shape index (κ2) is 7.81. The summed E-state index contributed by atoms with van der Waals surface area (Å²) in [5.41, 5.74) is 1.53. The van der Waals surface area contributed by atoms with Crippen LogP contribution < -0.4 is 10.6 Å². The third-order valence-electron chi connectivity index (χ3n) is 2.68. The van der Waals surface area contributed by atoms with E-state index in [0.717, 1.165) is 18.5 Å². The summed E-state index contributed by atoms with van der Waals surface area (Å²) in [5, 5.41) is 23.5. The Labute approximate surface area is 107 Å². The average molecular weight is 252 g/mol. The highest BCUT2D eigenvalue weighted by Crippen LogP contribution is 2.09. The molecule has 0 aliphatic rings. The molecule has 0 fully saturated rings. The lowest BCUT2D eigenvalue weighted by molar-refractivity contribution is 0.0878. The van der Waals surface area contributed by atoms with Crippen molar-refractivity contribution >= 4 is 5.91 Å². The number of amides is 1. The number of hydrogen-bond donors (Lipinski definition) is 4. The summed E-state index contributed by atoms with van der Waals surface area (Å²) < 4.78 is 0. The Hall–Kier alpha value is -1.43. The minimum absolute atomic E-state index is 0.269. The van der Waals surface area contributed by atoms with Gasteiger partial charge in [0.05, 0.1) is 19.3 Å². The van der Waals surface area contributed by atoms with Crippen molar-refractivity contribution in [1.82, 2.24) is 10.6 Å². The number of aliphatic hydroxyl groups excluding tert-OH is 2. The van der Waals surface area contributed by atoms with E-state index < -0.39 is 6.04 Å². The zero-order valence-corrected chi connectivity index (χ0v) is 10.5. The van der Waals surface area contributed by atoms with Gasteiger partial charge in [-0.15, -0.1) is 0 Å². The van der Waals surface area contributed by atoms with Gasteiger partial charge in [-0.2, -0.15) is 0 Å². The molecular weight excluding hydrogens is 232 g/mol. The van der Waals surface area contributed by atoms with Crippen LogP contribution in [0.2, 0.25) is 0 Å². The minimum Gasteiger partial charge on any atom is -0.394 e. The number of benzene rings is 1. The molecule has 5 nitrogen and oxygen atoms in total. The Balaban J connectivity index is 2.77. The number of likely N-dealkylation sites (N-methyl/N-ethyl adjacent to an activating group) is 1. The number of rotatable bonds is 7. The van der Waals surface area contributed by atoms with Gasteiger partial charge in [0.2, 0.25) is 0 Å². The van der Waals surface area contributed by atoms with Gasteiger partial charge in [0.15, 0.2) is 0 Å². The molecule has 0 atom stereocenters. The molecule has 1 aromatic rings. The van der Waals surface area contributed by atoms with E-state index in [1.165, 1.54) is 0 Å². The molecule has 0 aliphatic heterocycles. The molecule has 0 aromatic heterocycles. The number of carbonyl (C=O) groups is 1. The lowest BCUT2D eigenvalue weighted by Gasteiger charge is -2.15. The van der Waals surface area contributed by atoms with Crippen molar-refractivity contribution in [2.24, 2.45) is 0 Å². The summed E-state index contributed by atoms with van der Waals surface area (Å²) in [6, 6.07) is 6.71. The molecule has 0 spiro atoms. The summed E-state index contributed by atoms with van der Waals surface area (Å²) >= 11 is 0. The van der Waals surface area contributed by atoms with Crippen molar-refractivity contribution in [3.8, 4) is 0 Å². The molecule has 1 rings (SSSR count). The first-order valence-corrected chi connectivity index (χ1v) is 5.98. The maximum absolute atomic E-state index is 12.0. The molecule has 4 N–H and O–H groups in total. The zero-order valence-electron chi connectivity index (χ0n) is 10.5. The number of aliphatic hydroxyl groups is 2. The molecule has 18 heavy (non-hydrogen) atoms. The Morgan fingerprint density at radius 2 is 1.94 bits per heavy atom. The van der Waals surface area contributed by atoms with E-state index in [4.69, 9.17) is 10.2 Å². The summed E-state index contributed by atoms with van der Waals surface area (Å²) in [5.74, 6) is -0.269. The number of nitrogens with one attached hydrogen (secondary N) is 2. The SMILES string of the molecule is CNCCc1ccccc1C(=O)NC(CO)CO. The van der Waals surface area contributed by atoms with Crippen LogP contribution in [0.3, 0.4) is 0 Å². The van der Waals surface area contributed by atoms with Crippen LogP contribution in [-0.4, -0.2) is 49.0 Å². The van der Waals surface area contributed by atoms with E-state index in [0.29, 0.717) is 5.56 Å². The van der Waals surface area contributed by atoms with Gasteiger partial charge in [0, 0.05) is 5.56 Å². The summed E-state index contributed by atoms with van der Waals surface area (Å²) in [6.07, 6.45) is 0.753. The molecule has 0 saturated carbocycles. The summed E-state index contributed by atoms with van der Waals surface area (Å²) in [4.78, 5) is 12.0. The molecule has 0 unspecified atom stereocenters. The van der Waals surface area contributed by atoms with Gasteiger partial charge in [-0.3, -0.25) is 4.79 Å². The maximum atomic E-state index is 12.0. The van der Waals surface area contributed by atoms with Gasteiger partial charge in [-0.25, -0.2) is 0 Å². The van der Waals surface area contributed by atoms with Crippen LogP contribution in [0.5, 0.6) is 0 Å². The fourth-order valence-electron chi connectivity index (χ4n) is 1.63. The Bertz CT molecular complexity index is 378. The largest absolute Gasteiger partial charge is 0.394 e. The summed E-state index contributed by atoms with van der Waals surface area (Å²) in [6.45, 7) is 0.232. The van der Waals surface area contributed by atoms with Crippen molar-refractivity contribution in [3.63, 3.8) is 0 Å². The van der Waals surface area contributed by atoms with Crippen molar-refractivity contribution in [3.05, 3.63) is 35.4 Å². The Morgan fingerprint density at radius 1 is 1.28 bits per heavy atom. The van der Waals surface area contributed by atoms with Gasteiger partial charge < -0.3 is 20.8 Å². The average Bonchev–Trinajstić information content (AvgIpc) is 2.42. The van der Waals surface area contributed by atoms with Gasteiger partial charge in [-0.05, 0) is 31.6 Å². The van der Waals surface area contributed by atoms with E-state index in [1.807, 2.05) is 19.2 Å². The quantitative estimate of drug-likeness (QED) is 0.529. The van der Waals surface area contributed by atoms with E-state index in [-0.39, 0.29) is 19.1 Å². The highest BCUT2D eigenvalue weighted by molar-refractivity contribution is 5.95. The molecule has 5 heteroatoms. The smallest absolute Gasteiger partial charge is 0.251 e. The van der Waals surface area contributed by atoms with Gasteiger partial charge in [-0.1, -0.05) is 18.2 Å². The topological polar surface area (TPSA) is 81.6 Å². The van der Waals surface area contributed by atoms with E-state index in [1.54, 1.807) is 12.1 Å². The third kappa shape index (κ3) is 4.10. The standard InChI is InChI=1S/C13H20N2O3/c1-14-7-6-10-4-2-3-5-12(10)13(18)15-11(8-16)9-17/h2-5,11,14,16-17H,6-9H2,1H3,(H,15,18). The van der Waals surface area contributed by atoms with Crippen LogP contribution in [0.4, 0.5) is 0 Å². The Kier molecular flexibility index (Phi) is 6.35. The minimum atomic E-state index is -0.616. The van der Waals surface area contributed by atoms with Crippen molar-refractivity contribution < 1.29 is 15.0 Å². The van der Waals surface area contributed by atoms with Crippen molar-refractivity contribution in [1.29, 1.82) is 0 Å². The highest BCUT2D eigenvalue weighted by Gasteiger charge is 2.14. The van der Waals surface area contributed by atoms with E-state index in [9.17, 15) is 4.79 Å². The van der Waals surface area contributed by atoms with E-state index in [2.05, 4.69) is 10.6 Å². The lowest BCUT2D eigenvalue weighted by Crippen LogP contribution is -2.40. The van der Waals surface area contributed by atoms with E-state index >= 15 is 0 Å². The predicted molar refractivity (Wildman–Crippen MR) is 69.5 cm³/mol. The second-order valence-corrected chi connectivity index (χ2v) is 4.05. The second-order valence-electron chi connectivity index (χ2n) is 4.05. The molecule has 1 aromatic carbocycles. The van der Waals surface area contributed by atoms with Gasteiger partial charge in [0.1, 0.15) is 0 Å². The van der Waals surface area contributed by atoms with Gasteiger partial charge >= 0.3 is 0 Å². The fourth-order valence-corrected chi connectivity index (χ4v) is 1.63. The molecule has 0 aliphatic carbocycles. The molecule has 0 heterocycles. The third-order valence-corrected chi connectivity index (χ3v) is 2.68. The maximum Gasteiger partial charge on any atom is 0.251 e. The van der Waals surface area contributed by atoms with Crippen LogP contribution in [0, 0.1) is 0 Å². The molecule has 0 bridgehead atoms. The molecule has 1 amide bonds. The van der Waals surface area contributed by atoms with Crippen LogP contribution in [0.1, 0.15) is 15.9 Å². The zero-order chi connectivity index (χ0) is 13.4. The van der Waals surface area contributed by atoms with Crippen LogP contribution in [0.15, 0.2) is 24.3 Å². The molecule has 0 saturated heterocycles. The normalized spacial score (nSPS) is 10.7. The first-order chi connectivity index (χ1) is 8.72. The highest BCUT2D eigenvalue weighted by atomic mass is 16.3. The van der Waals surface area contributed by atoms with Crippen LogP contribution in [0.25, 0.3) is 0 Å².